The molecule has 7 heteroatoms. The predicted octanol–water partition coefficient (Wildman–Crippen LogP) is 1.11. The second kappa shape index (κ2) is 8.19. The van der Waals surface area contributed by atoms with Crippen molar-refractivity contribution in [3.05, 3.63) is 11.7 Å². The molecule has 0 spiro atoms. The van der Waals surface area contributed by atoms with Gasteiger partial charge in [0.1, 0.15) is 0 Å². The van der Waals surface area contributed by atoms with Gasteiger partial charge in [-0.1, -0.05) is 5.16 Å². The van der Waals surface area contributed by atoms with Crippen molar-refractivity contribution < 1.29 is 19.1 Å². The molecule has 1 aromatic heterocycles. The first-order valence-corrected chi connectivity index (χ1v) is 8.60. The van der Waals surface area contributed by atoms with Crippen molar-refractivity contribution >= 4 is 0 Å². The molecule has 1 N–H and O–H groups in total. The topological polar surface area (TPSA) is 80.9 Å². The highest BCUT2D eigenvalue weighted by molar-refractivity contribution is 4.95. The van der Waals surface area contributed by atoms with E-state index in [2.05, 4.69) is 15.0 Å². The molecule has 2 aliphatic heterocycles. The number of hydrogen-bond acceptors (Lipinski definition) is 7. The minimum Gasteiger partial charge on any atom is -0.389 e. The molecule has 2 saturated heterocycles. The van der Waals surface area contributed by atoms with Gasteiger partial charge in [-0.25, -0.2) is 0 Å². The van der Waals surface area contributed by atoms with E-state index in [1.54, 1.807) is 0 Å². The third-order valence-corrected chi connectivity index (χ3v) is 4.59. The van der Waals surface area contributed by atoms with Crippen LogP contribution in [0.4, 0.5) is 0 Å². The summed E-state index contributed by atoms with van der Waals surface area (Å²) in [5.74, 6) is 1.80. The summed E-state index contributed by atoms with van der Waals surface area (Å²) in [4.78, 5) is 6.60. The van der Waals surface area contributed by atoms with Gasteiger partial charge in [-0.05, 0) is 45.7 Å². The zero-order valence-electron chi connectivity index (χ0n) is 13.8. The van der Waals surface area contributed by atoms with E-state index in [-0.39, 0.29) is 6.10 Å². The van der Waals surface area contributed by atoms with Crippen LogP contribution in [0.3, 0.4) is 0 Å². The van der Waals surface area contributed by atoms with Crippen LogP contribution in [0.25, 0.3) is 0 Å². The zero-order chi connectivity index (χ0) is 16.1. The molecule has 2 unspecified atom stereocenters. The molecule has 0 bridgehead atoms. The lowest BCUT2D eigenvalue weighted by atomic mass is 9.96. The molecular weight excluding hydrogens is 298 g/mol. The largest absolute Gasteiger partial charge is 0.389 e. The number of aromatic nitrogens is 2. The standard InChI is InChI=1S/C16H27N3O4/c1-12-17-16(23-18-12)13-4-6-19(7-5-13)9-14(20)10-21-11-15-3-2-8-22-15/h13-15,20H,2-11H2,1H3. The quantitative estimate of drug-likeness (QED) is 0.804. The number of nitrogens with zero attached hydrogens (tertiary/aromatic N) is 3. The van der Waals surface area contributed by atoms with Gasteiger partial charge in [0.2, 0.25) is 5.89 Å². The van der Waals surface area contributed by atoms with E-state index < -0.39 is 6.10 Å². The molecule has 0 amide bonds. The Morgan fingerprint density at radius 2 is 2.17 bits per heavy atom. The summed E-state index contributed by atoms with van der Waals surface area (Å²) in [5.41, 5.74) is 0. The fourth-order valence-electron chi connectivity index (χ4n) is 3.30. The molecule has 23 heavy (non-hydrogen) atoms. The number of piperidine rings is 1. The predicted molar refractivity (Wildman–Crippen MR) is 83.2 cm³/mol. The monoisotopic (exact) mass is 325 g/mol. The Morgan fingerprint density at radius 1 is 1.35 bits per heavy atom. The number of aryl methyl sites for hydroxylation is 1. The van der Waals surface area contributed by atoms with Crippen LogP contribution in [0.15, 0.2) is 4.52 Å². The van der Waals surface area contributed by atoms with Crippen molar-refractivity contribution in [2.45, 2.75) is 50.7 Å². The van der Waals surface area contributed by atoms with Gasteiger partial charge in [0.25, 0.3) is 0 Å². The highest BCUT2D eigenvalue weighted by Crippen LogP contribution is 2.26. The highest BCUT2D eigenvalue weighted by Gasteiger charge is 2.26. The molecule has 130 valence electrons. The molecule has 7 nitrogen and oxygen atoms in total. The van der Waals surface area contributed by atoms with Gasteiger partial charge in [0.15, 0.2) is 5.82 Å². The number of likely N-dealkylation sites (tertiary alicyclic amines) is 1. The number of β-amino-alcohol motifs (C(OH)–C–C–N with tert-alkyl or cyclic N) is 1. The molecule has 0 radical (unpaired) electrons. The maximum atomic E-state index is 10.1. The minimum absolute atomic E-state index is 0.218. The lowest BCUT2D eigenvalue weighted by Crippen LogP contribution is -2.40. The summed E-state index contributed by atoms with van der Waals surface area (Å²) in [6, 6.07) is 0. The average Bonchev–Trinajstić information content (AvgIpc) is 3.20. The number of rotatable bonds is 7. The van der Waals surface area contributed by atoms with Gasteiger partial charge < -0.3 is 24.0 Å². The third-order valence-electron chi connectivity index (χ3n) is 4.59. The second-order valence-corrected chi connectivity index (χ2v) is 6.58. The Morgan fingerprint density at radius 3 is 2.83 bits per heavy atom. The Bertz CT molecular complexity index is 468. The molecule has 3 heterocycles. The van der Waals surface area contributed by atoms with Crippen LogP contribution in [0, 0.1) is 6.92 Å². The normalized spacial score (nSPS) is 25.0. The molecule has 0 saturated carbocycles. The maximum Gasteiger partial charge on any atom is 0.229 e. The fraction of sp³-hybridized carbons (Fsp3) is 0.875. The zero-order valence-corrected chi connectivity index (χ0v) is 13.8. The second-order valence-electron chi connectivity index (χ2n) is 6.58. The average molecular weight is 325 g/mol. The SMILES string of the molecule is Cc1noc(C2CCN(CC(O)COCC3CCCO3)CC2)n1. The molecule has 3 rings (SSSR count). The van der Waals surface area contributed by atoms with E-state index in [1.165, 1.54) is 0 Å². The molecule has 2 aliphatic rings. The van der Waals surface area contributed by atoms with Crippen LogP contribution in [0.5, 0.6) is 0 Å². The maximum absolute atomic E-state index is 10.1. The first-order chi connectivity index (χ1) is 11.2. The van der Waals surface area contributed by atoms with E-state index in [9.17, 15) is 5.11 Å². The Balaban J connectivity index is 1.31. The minimum atomic E-state index is -0.446. The van der Waals surface area contributed by atoms with Crippen molar-refractivity contribution in [2.75, 3.05) is 39.5 Å². The van der Waals surface area contributed by atoms with E-state index in [4.69, 9.17) is 14.0 Å². The van der Waals surface area contributed by atoms with Crippen LogP contribution in [0.1, 0.15) is 43.3 Å². The van der Waals surface area contributed by atoms with Crippen LogP contribution in [0.2, 0.25) is 0 Å². The van der Waals surface area contributed by atoms with Gasteiger partial charge in [0, 0.05) is 19.1 Å². The summed E-state index contributed by atoms with van der Waals surface area (Å²) in [6.45, 7) is 6.18. The van der Waals surface area contributed by atoms with E-state index in [0.717, 1.165) is 51.3 Å². The smallest absolute Gasteiger partial charge is 0.229 e. The molecule has 1 aromatic rings. The van der Waals surface area contributed by atoms with Gasteiger partial charge in [-0.2, -0.15) is 4.98 Å². The lowest BCUT2D eigenvalue weighted by molar-refractivity contribution is -0.0269. The Labute approximate surface area is 136 Å². The first-order valence-electron chi connectivity index (χ1n) is 8.60. The van der Waals surface area contributed by atoms with Crippen LogP contribution < -0.4 is 0 Å². The van der Waals surface area contributed by atoms with Gasteiger partial charge in [-0.3, -0.25) is 0 Å². The molecular formula is C16H27N3O4. The summed E-state index contributed by atoms with van der Waals surface area (Å²) >= 11 is 0. The summed E-state index contributed by atoms with van der Waals surface area (Å²) in [7, 11) is 0. The van der Waals surface area contributed by atoms with Crippen molar-refractivity contribution in [1.29, 1.82) is 0 Å². The van der Waals surface area contributed by atoms with Crippen molar-refractivity contribution in [3.8, 4) is 0 Å². The fourth-order valence-corrected chi connectivity index (χ4v) is 3.30. The molecule has 0 aliphatic carbocycles. The molecule has 2 fully saturated rings. The number of ether oxygens (including phenoxy) is 2. The van der Waals surface area contributed by atoms with Gasteiger partial charge in [-0.15, -0.1) is 0 Å². The van der Waals surface area contributed by atoms with E-state index >= 15 is 0 Å². The van der Waals surface area contributed by atoms with Gasteiger partial charge >= 0.3 is 0 Å². The Hall–Kier alpha value is -1.02. The lowest BCUT2D eigenvalue weighted by Gasteiger charge is -2.31. The van der Waals surface area contributed by atoms with Crippen molar-refractivity contribution in [2.24, 2.45) is 0 Å². The van der Waals surface area contributed by atoms with Crippen LogP contribution in [-0.2, 0) is 9.47 Å². The van der Waals surface area contributed by atoms with Crippen LogP contribution >= 0.6 is 0 Å². The van der Waals surface area contributed by atoms with Crippen molar-refractivity contribution in [1.82, 2.24) is 15.0 Å². The summed E-state index contributed by atoms with van der Waals surface area (Å²) < 4.78 is 16.3. The third kappa shape index (κ3) is 4.97. The number of aliphatic hydroxyl groups excluding tert-OH is 1. The first kappa shape index (κ1) is 16.8. The number of aliphatic hydroxyl groups is 1. The summed E-state index contributed by atoms with van der Waals surface area (Å²) in [5, 5.41) is 14.0. The molecule has 2 atom stereocenters. The number of hydrogen-bond donors (Lipinski definition) is 1. The van der Waals surface area contributed by atoms with E-state index in [1.807, 2.05) is 6.92 Å². The van der Waals surface area contributed by atoms with Crippen LogP contribution in [-0.4, -0.2) is 71.8 Å². The van der Waals surface area contributed by atoms with E-state index in [0.29, 0.717) is 31.5 Å². The Kier molecular flexibility index (Phi) is 5.99. The highest BCUT2D eigenvalue weighted by atomic mass is 16.5. The summed E-state index contributed by atoms with van der Waals surface area (Å²) in [6.07, 6.45) is 3.94. The van der Waals surface area contributed by atoms with Gasteiger partial charge in [0.05, 0.1) is 25.4 Å². The molecule has 0 aromatic carbocycles. The van der Waals surface area contributed by atoms with Crippen molar-refractivity contribution in [3.63, 3.8) is 0 Å².